The Morgan fingerprint density at radius 1 is 1.44 bits per heavy atom. The van der Waals surface area contributed by atoms with E-state index in [0.29, 0.717) is 0 Å². The lowest BCUT2D eigenvalue weighted by molar-refractivity contribution is 0.280. The van der Waals surface area contributed by atoms with Crippen LogP contribution in [-0.4, -0.2) is 6.04 Å². The predicted octanol–water partition coefficient (Wildman–Crippen LogP) is 4.49. The molecule has 0 amide bonds. The maximum Gasteiger partial charge on any atom is 0.0314 e. The van der Waals surface area contributed by atoms with Gasteiger partial charge in [-0.25, -0.2) is 0 Å². The average Bonchev–Trinajstić information content (AvgIpc) is 2.57. The summed E-state index contributed by atoms with van der Waals surface area (Å²) in [7, 11) is 0. The van der Waals surface area contributed by atoms with Gasteiger partial charge in [0.2, 0.25) is 0 Å². The van der Waals surface area contributed by atoms with Crippen molar-refractivity contribution in [2.45, 2.75) is 52.1 Å². The molecule has 1 aliphatic carbocycles. The molecule has 2 unspecified atom stereocenters. The summed E-state index contributed by atoms with van der Waals surface area (Å²) in [6, 6.07) is 2.98. The predicted molar refractivity (Wildman–Crippen MR) is 75.0 cm³/mol. The number of hydrogen-bond donors (Lipinski definition) is 1. The minimum absolute atomic E-state index is 0.731. The van der Waals surface area contributed by atoms with Gasteiger partial charge in [-0.2, -0.15) is 0 Å². The summed E-state index contributed by atoms with van der Waals surface area (Å²) in [5, 5.41) is 3.72. The number of halogens is 1. The molecule has 2 rings (SSSR count). The standard InChI is InChI=1S/C13H20BrNS/c1-9-5-3-4-6-13(9)15-8-11-7-12(14)10(2)16-11/h7,9,13,15H,3-6,8H2,1-2H3. The first-order valence-electron chi connectivity index (χ1n) is 6.15. The Hall–Kier alpha value is 0.140. The molecule has 0 spiro atoms. The van der Waals surface area contributed by atoms with E-state index in [-0.39, 0.29) is 0 Å². The molecule has 0 aliphatic heterocycles. The third kappa shape index (κ3) is 3.08. The summed E-state index contributed by atoms with van der Waals surface area (Å²) < 4.78 is 1.26. The van der Waals surface area contributed by atoms with Crippen LogP contribution in [0.25, 0.3) is 0 Å². The second-order valence-electron chi connectivity index (χ2n) is 4.87. The van der Waals surface area contributed by atoms with Crippen molar-refractivity contribution in [2.75, 3.05) is 0 Å². The Morgan fingerprint density at radius 2 is 2.19 bits per heavy atom. The highest BCUT2D eigenvalue weighted by Crippen LogP contribution is 2.28. The summed E-state index contributed by atoms with van der Waals surface area (Å²) in [6.45, 7) is 5.58. The van der Waals surface area contributed by atoms with E-state index in [1.54, 1.807) is 0 Å². The van der Waals surface area contributed by atoms with E-state index in [1.165, 1.54) is 39.9 Å². The van der Waals surface area contributed by atoms with E-state index < -0.39 is 0 Å². The summed E-state index contributed by atoms with van der Waals surface area (Å²) in [6.07, 6.45) is 5.57. The molecule has 1 nitrogen and oxygen atoms in total. The fourth-order valence-corrected chi connectivity index (χ4v) is 4.01. The molecule has 1 N–H and O–H groups in total. The molecule has 3 heteroatoms. The van der Waals surface area contributed by atoms with Crippen molar-refractivity contribution in [1.29, 1.82) is 0 Å². The third-order valence-corrected chi connectivity index (χ3v) is 5.69. The topological polar surface area (TPSA) is 12.0 Å². The largest absolute Gasteiger partial charge is 0.309 e. The summed E-state index contributed by atoms with van der Waals surface area (Å²) in [5.74, 6) is 0.846. The van der Waals surface area contributed by atoms with Crippen molar-refractivity contribution in [3.8, 4) is 0 Å². The van der Waals surface area contributed by atoms with Crippen molar-refractivity contribution in [1.82, 2.24) is 5.32 Å². The fourth-order valence-electron chi connectivity index (χ4n) is 2.46. The Bertz CT molecular complexity index is 328. The molecule has 1 heterocycles. The fraction of sp³-hybridized carbons (Fsp3) is 0.692. The van der Waals surface area contributed by atoms with Crippen LogP contribution in [0, 0.1) is 12.8 Å². The van der Waals surface area contributed by atoms with Crippen LogP contribution in [0.4, 0.5) is 0 Å². The molecule has 1 fully saturated rings. The highest BCUT2D eigenvalue weighted by Gasteiger charge is 2.20. The first-order valence-corrected chi connectivity index (χ1v) is 7.76. The SMILES string of the molecule is Cc1sc(CNC2CCCCC2C)cc1Br. The second-order valence-corrected chi connectivity index (χ2v) is 7.06. The van der Waals surface area contributed by atoms with Crippen molar-refractivity contribution >= 4 is 27.3 Å². The molecule has 90 valence electrons. The van der Waals surface area contributed by atoms with E-state index in [1.807, 2.05) is 11.3 Å². The second kappa shape index (κ2) is 5.65. The number of aryl methyl sites for hydroxylation is 1. The molecule has 1 saturated carbocycles. The van der Waals surface area contributed by atoms with Crippen LogP contribution in [0.15, 0.2) is 10.5 Å². The van der Waals surface area contributed by atoms with Gasteiger partial charge in [0.15, 0.2) is 0 Å². The van der Waals surface area contributed by atoms with Gasteiger partial charge < -0.3 is 5.32 Å². The molecule has 0 radical (unpaired) electrons. The van der Waals surface area contributed by atoms with Gasteiger partial charge in [0.1, 0.15) is 0 Å². The molecule has 2 atom stereocenters. The highest BCUT2D eigenvalue weighted by atomic mass is 79.9. The molecule has 0 saturated heterocycles. The normalized spacial score (nSPS) is 25.9. The van der Waals surface area contributed by atoms with Gasteiger partial charge in [-0.3, -0.25) is 0 Å². The molecule has 0 bridgehead atoms. The van der Waals surface area contributed by atoms with Crippen LogP contribution in [0.2, 0.25) is 0 Å². The van der Waals surface area contributed by atoms with Gasteiger partial charge in [0.05, 0.1) is 0 Å². The number of thiophene rings is 1. The van der Waals surface area contributed by atoms with E-state index in [9.17, 15) is 0 Å². The Morgan fingerprint density at radius 3 is 2.81 bits per heavy atom. The zero-order chi connectivity index (χ0) is 11.5. The Kier molecular flexibility index (Phi) is 4.45. The summed E-state index contributed by atoms with van der Waals surface area (Å²) in [5.41, 5.74) is 0. The molecular formula is C13H20BrNS. The minimum Gasteiger partial charge on any atom is -0.309 e. The van der Waals surface area contributed by atoms with E-state index >= 15 is 0 Å². The highest BCUT2D eigenvalue weighted by molar-refractivity contribution is 9.10. The molecule has 1 aromatic heterocycles. The maximum atomic E-state index is 3.72. The van der Waals surface area contributed by atoms with E-state index in [4.69, 9.17) is 0 Å². The smallest absolute Gasteiger partial charge is 0.0314 e. The maximum absolute atomic E-state index is 3.72. The minimum atomic E-state index is 0.731. The zero-order valence-corrected chi connectivity index (χ0v) is 12.5. The molecular weight excluding hydrogens is 282 g/mol. The van der Waals surface area contributed by atoms with Gasteiger partial charge in [-0.1, -0.05) is 19.8 Å². The molecule has 1 aromatic rings. The van der Waals surface area contributed by atoms with Crippen LogP contribution < -0.4 is 5.32 Å². The van der Waals surface area contributed by atoms with Gasteiger partial charge in [0, 0.05) is 26.8 Å². The van der Waals surface area contributed by atoms with Crippen molar-refractivity contribution in [3.63, 3.8) is 0 Å². The van der Waals surface area contributed by atoms with E-state index in [0.717, 1.165) is 18.5 Å². The average molecular weight is 302 g/mol. The van der Waals surface area contributed by atoms with Crippen molar-refractivity contribution < 1.29 is 0 Å². The molecule has 16 heavy (non-hydrogen) atoms. The lowest BCUT2D eigenvalue weighted by Crippen LogP contribution is -2.36. The van der Waals surface area contributed by atoms with Crippen LogP contribution in [0.3, 0.4) is 0 Å². The van der Waals surface area contributed by atoms with Gasteiger partial charge >= 0.3 is 0 Å². The monoisotopic (exact) mass is 301 g/mol. The first-order chi connectivity index (χ1) is 7.66. The number of hydrogen-bond acceptors (Lipinski definition) is 2. The third-order valence-electron chi connectivity index (χ3n) is 3.56. The van der Waals surface area contributed by atoms with Crippen LogP contribution >= 0.6 is 27.3 Å². The van der Waals surface area contributed by atoms with Gasteiger partial charge in [0.25, 0.3) is 0 Å². The molecule has 1 aliphatic rings. The number of nitrogens with one attached hydrogen (secondary N) is 1. The Balaban J connectivity index is 1.86. The quantitative estimate of drug-likeness (QED) is 0.867. The lowest BCUT2D eigenvalue weighted by Gasteiger charge is -2.29. The van der Waals surface area contributed by atoms with Crippen molar-refractivity contribution in [2.24, 2.45) is 5.92 Å². The number of rotatable bonds is 3. The zero-order valence-electron chi connectivity index (χ0n) is 10.1. The van der Waals surface area contributed by atoms with Gasteiger partial charge in [-0.15, -0.1) is 11.3 Å². The van der Waals surface area contributed by atoms with E-state index in [2.05, 4.69) is 41.2 Å². The summed E-state index contributed by atoms with van der Waals surface area (Å²) in [4.78, 5) is 2.83. The summed E-state index contributed by atoms with van der Waals surface area (Å²) >= 11 is 5.47. The first kappa shape index (κ1) is 12.6. The van der Waals surface area contributed by atoms with Crippen LogP contribution in [0.1, 0.15) is 42.4 Å². The Labute approximate surface area is 111 Å². The van der Waals surface area contributed by atoms with Crippen LogP contribution in [0.5, 0.6) is 0 Å². The van der Waals surface area contributed by atoms with Crippen molar-refractivity contribution in [3.05, 3.63) is 20.3 Å². The lowest BCUT2D eigenvalue weighted by atomic mass is 9.86. The molecule has 0 aromatic carbocycles. The van der Waals surface area contributed by atoms with Crippen LogP contribution in [-0.2, 0) is 6.54 Å². The van der Waals surface area contributed by atoms with Gasteiger partial charge in [-0.05, 0) is 47.7 Å².